The summed E-state index contributed by atoms with van der Waals surface area (Å²) in [6.07, 6.45) is 0.234. The number of aliphatic hydroxyl groups is 1. The van der Waals surface area contributed by atoms with E-state index in [1.807, 2.05) is 13.8 Å². The van der Waals surface area contributed by atoms with Crippen molar-refractivity contribution in [3.05, 3.63) is 23.8 Å². The number of phenolic OH excluding ortho intramolecular Hbond substituents is 1. The van der Waals surface area contributed by atoms with Crippen molar-refractivity contribution < 1.29 is 14.9 Å². The van der Waals surface area contributed by atoms with Gasteiger partial charge in [0.1, 0.15) is 11.5 Å². The minimum absolute atomic E-state index is 0.0467. The number of aromatic hydroxyl groups is 1. The summed E-state index contributed by atoms with van der Waals surface area (Å²) in [5.41, 5.74) is 0.552. The van der Waals surface area contributed by atoms with Crippen molar-refractivity contribution in [2.24, 2.45) is 5.92 Å². The smallest absolute Gasteiger partial charge is 0.121 e. The molecule has 2 atom stereocenters. The van der Waals surface area contributed by atoms with E-state index in [0.717, 1.165) is 39.1 Å². The minimum atomic E-state index is -0.694. The Labute approximate surface area is 132 Å². The maximum Gasteiger partial charge on any atom is 0.121 e. The molecular formula is C17H28N2O3. The summed E-state index contributed by atoms with van der Waals surface area (Å²) in [4.78, 5) is 2.35. The van der Waals surface area contributed by atoms with E-state index < -0.39 is 6.10 Å². The van der Waals surface area contributed by atoms with Crippen LogP contribution < -0.4 is 10.1 Å². The van der Waals surface area contributed by atoms with Gasteiger partial charge in [0.25, 0.3) is 0 Å². The van der Waals surface area contributed by atoms with E-state index in [1.54, 1.807) is 18.2 Å². The average molecular weight is 308 g/mol. The van der Waals surface area contributed by atoms with Crippen molar-refractivity contribution in [3.63, 3.8) is 0 Å². The zero-order valence-electron chi connectivity index (χ0n) is 13.6. The first-order valence-electron chi connectivity index (χ1n) is 8.18. The highest BCUT2D eigenvalue weighted by Crippen LogP contribution is 2.33. The zero-order valence-corrected chi connectivity index (χ0v) is 13.6. The molecule has 1 aliphatic heterocycles. The summed E-state index contributed by atoms with van der Waals surface area (Å²) < 4.78 is 5.59. The van der Waals surface area contributed by atoms with Crippen LogP contribution in [0.25, 0.3) is 0 Å². The lowest BCUT2D eigenvalue weighted by Gasteiger charge is -2.31. The van der Waals surface area contributed by atoms with E-state index in [-0.39, 0.29) is 11.7 Å². The van der Waals surface area contributed by atoms with Crippen molar-refractivity contribution in [2.45, 2.75) is 26.4 Å². The molecule has 0 amide bonds. The molecule has 1 aromatic carbocycles. The fraction of sp³-hybridized carbons (Fsp3) is 0.647. The predicted octanol–water partition coefficient (Wildman–Crippen LogP) is 1.76. The summed E-state index contributed by atoms with van der Waals surface area (Å²) in [7, 11) is 0. The molecule has 1 aliphatic rings. The minimum Gasteiger partial charge on any atom is -0.508 e. The summed E-state index contributed by atoms with van der Waals surface area (Å²) >= 11 is 0. The average Bonchev–Trinajstić information content (AvgIpc) is 2.54. The molecule has 0 spiro atoms. The number of aliphatic hydroxyl groups excluding tert-OH is 1. The van der Waals surface area contributed by atoms with Crippen LogP contribution in [0.15, 0.2) is 18.2 Å². The van der Waals surface area contributed by atoms with Crippen LogP contribution in [0.1, 0.15) is 31.9 Å². The normalized spacial score (nSPS) is 18.9. The molecule has 1 saturated heterocycles. The van der Waals surface area contributed by atoms with E-state index in [4.69, 9.17) is 4.74 Å². The van der Waals surface area contributed by atoms with Crippen LogP contribution in [-0.4, -0.2) is 54.4 Å². The van der Waals surface area contributed by atoms with Crippen molar-refractivity contribution in [1.82, 2.24) is 10.2 Å². The van der Waals surface area contributed by atoms with Gasteiger partial charge in [-0.2, -0.15) is 0 Å². The van der Waals surface area contributed by atoms with Crippen LogP contribution >= 0.6 is 0 Å². The van der Waals surface area contributed by atoms with Gasteiger partial charge in [0.2, 0.25) is 0 Å². The molecule has 124 valence electrons. The van der Waals surface area contributed by atoms with Gasteiger partial charge in [0.05, 0.1) is 12.7 Å². The number of benzene rings is 1. The fourth-order valence-corrected chi connectivity index (χ4v) is 2.79. The Bertz CT molecular complexity index is 461. The van der Waals surface area contributed by atoms with Gasteiger partial charge in [-0.05, 0) is 30.5 Å². The van der Waals surface area contributed by atoms with Crippen LogP contribution in [-0.2, 0) is 0 Å². The first-order valence-corrected chi connectivity index (χ1v) is 8.18. The number of nitrogens with zero attached hydrogens (tertiary/aromatic N) is 1. The van der Waals surface area contributed by atoms with Gasteiger partial charge in [-0.3, -0.25) is 0 Å². The lowest BCUT2D eigenvalue weighted by Crippen LogP contribution is -2.45. The van der Waals surface area contributed by atoms with Crippen LogP contribution in [0.2, 0.25) is 0 Å². The second-order valence-electron chi connectivity index (χ2n) is 6.04. The van der Waals surface area contributed by atoms with Gasteiger partial charge >= 0.3 is 0 Å². The Morgan fingerprint density at radius 2 is 2.05 bits per heavy atom. The number of hydrogen-bond donors (Lipinski definition) is 3. The Hall–Kier alpha value is -1.30. The highest BCUT2D eigenvalue weighted by molar-refractivity contribution is 5.41. The van der Waals surface area contributed by atoms with Gasteiger partial charge in [0, 0.05) is 38.3 Å². The monoisotopic (exact) mass is 308 g/mol. The summed E-state index contributed by atoms with van der Waals surface area (Å²) in [6, 6.07) is 5.09. The first-order chi connectivity index (χ1) is 10.6. The highest BCUT2D eigenvalue weighted by Gasteiger charge is 2.23. The van der Waals surface area contributed by atoms with Gasteiger partial charge in [-0.25, -0.2) is 0 Å². The standard InChI is InChI=1S/C17H28N2O3/c1-3-10-22-14-4-5-16(20)15(11-14)17(21)13(2)12-19-8-6-18-7-9-19/h4-5,11,13,17-18,20-21H,3,6-10,12H2,1-2H3. The molecule has 3 N–H and O–H groups in total. The maximum absolute atomic E-state index is 10.6. The van der Waals surface area contributed by atoms with E-state index in [1.165, 1.54) is 0 Å². The molecular weight excluding hydrogens is 280 g/mol. The van der Waals surface area contributed by atoms with Crippen molar-refractivity contribution in [1.29, 1.82) is 0 Å². The van der Waals surface area contributed by atoms with E-state index >= 15 is 0 Å². The number of ether oxygens (including phenoxy) is 1. The molecule has 0 saturated carbocycles. The van der Waals surface area contributed by atoms with Crippen molar-refractivity contribution >= 4 is 0 Å². The molecule has 5 nitrogen and oxygen atoms in total. The number of hydrogen-bond acceptors (Lipinski definition) is 5. The lowest BCUT2D eigenvalue weighted by atomic mass is 9.95. The molecule has 5 heteroatoms. The third kappa shape index (κ3) is 4.60. The Morgan fingerprint density at radius 3 is 2.73 bits per heavy atom. The van der Waals surface area contributed by atoms with E-state index in [9.17, 15) is 10.2 Å². The molecule has 0 radical (unpaired) electrons. The van der Waals surface area contributed by atoms with Gasteiger partial charge < -0.3 is 25.2 Å². The van der Waals surface area contributed by atoms with Crippen molar-refractivity contribution in [2.75, 3.05) is 39.3 Å². The molecule has 1 aromatic rings. The molecule has 0 aliphatic carbocycles. The van der Waals surface area contributed by atoms with Crippen LogP contribution in [0.5, 0.6) is 11.5 Å². The Balaban J connectivity index is 2.01. The second-order valence-corrected chi connectivity index (χ2v) is 6.04. The summed E-state index contributed by atoms with van der Waals surface area (Å²) in [5, 5.41) is 24.0. The molecule has 2 unspecified atom stereocenters. The molecule has 2 rings (SSSR count). The topological polar surface area (TPSA) is 65.0 Å². The summed E-state index contributed by atoms with van der Waals surface area (Å²) in [6.45, 7) is 9.52. The largest absolute Gasteiger partial charge is 0.508 e. The maximum atomic E-state index is 10.6. The first kappa shape index (κ1) is 17.1. The van der Waals surface area contributed by atoms with Crippen LogP contribution in [0.4, 0.5) is 0 Å². The Kier molecular flexibility index (Phi) is 6.49. The molecule has 1 heterocycles. The van der Waals surface area contributed by atoms with Crippen molar-refractivity contribution in [3.8, 4) is 11.5 Å². The Morgan fingerprint density at radius 1 is 1.32 bits per heavy atom. The van der Waals surface area contributed by atoms with E-state index in [0.29, 0.717) is 17.9 Å². The second kappa shape index (κ2) is 8.36. The predicted molar refractivity (Wildman–Crippen MR) is 87.3 cm³/mol. The van der Waals surface area contributed by atoms with Crippen LogP contribution in [0, 0.1) is 5.92 Å². The molecule has 0 aromatic heterocycles. The molecule has 0 bridgehead atoms. The number of nitrogens with one attached hydrogen (secondary N) is 1. The van der Waals surface area contributed by atoms with Gasteiger partial charge in [-0.1, -0.05) is 13.8 Å². The quantitative estimate of drug-likeness (QED) is 0.716. The third-order valence-electron chi connectivity index (χ3n) is 4.09. The number of phenols is 1. The number of piperazine rings is 1. The lowest BCUT2D eigenvalue weighted by molar-refractivity contribution is 0.0820. The highest BCUT2D eigenvalue weighted by atomic mass is 16.5. The SMILES string of the molecule is CCCOc1ccc(O)c(C(O)C(C)CN2CCNCC2)c1. The van der Waals surface area contributed by atoms with Gasteiger partial charge in [0.15, 0.2) is 0 Å². The fourth-order valence-electron chi connectivity index (χ4n) is 2.79. The van der Waals surface area contributed by atoms with E-state index in [2.05, 4.69) is 10.2 Å². The van der Waals surface area contributed by atoms with Crippen LogP contribution in [0.3, 0.4) is 0 Å². The van der Waals surface area contributed by atoms with Gasteiger partial charge in [-0.15, -0.1) is 0 Å². The third-order valence-corrected chi connectivity index (χ3v) is 4.09. The number of rotatable bonds is 7. The zero-order chi connectivity index (χ0) is 15.9. The summed E-state index contributed by atoms with van der Waals surface area (Å²) in [5.74, 6) is 0.872. The molecule has 1 fully saturated rings. The molecule has 22 heavy (non-hydrogen) atoms.